The van der Waals surface area contributed by atoms with E-state index in [1.54, 1.807) is 12.1 Å². The van der Waals surface area contributed by atoms with Crippen LogP contribution in [0.3, 0.4) is 0 Å². The van der Waals surface area contributed by atoms with E-state index in [-0.39, 0.29) is 24.8 Å². The van der Waals surface area contributed by atoms with Gasteiger partial charge in [0.2, 0.25) is 0 Å². The smallest absolute Gasteiger partial charge is 0.182 e. The van der Waals surface area contributed by atoms with Crippen LogP contribution in [-0.2, 0) is 14.3 Å². The molecule has 1 fully saturated rings. The molecule has 1 unspecified atom stereocenters. The van der Waals surface area contributed by atoms with Crippen molar-refractivity contribution in [2.24, 2.45) is 5.92 Å². The highest BCUT2D eigenvalue weighted by molar-refractivity contribution is 6.03. The Labute approximate surface area is 99.5 Å². The molecule has 1 aromatic carbocycles. The van der Waals surface area contributed by atoms with E-state index >= 15 is 0 Å². The molecule has 90 valence electrons. The number of ether oxygens (including phenoxy) is 2. The number of benzene rings is 1. The van der Waals surface area contributed by atoms with E-state index in [1.807, 2.05) is 18.2 Å². The second-order valence-corrected chi connectivity index (χ2v) is 3.91. The van der Waals surface area contributed by atoms with Gasteiger partial charge in [0.15, 0.2) is 5.78 Å². The number of rotatable bonds is 4. The minimum absolute atomic E-state index is 0.0436. The molecule has 1 atom stereocenters. The van der Waals surface area contributed by atoms with Gasteiger partial charge in [-0.3, -0.25) is 9.59 Å². The number of ketones is 2. The highest BCUT2D eigenvalue weighted by Crippen LogP contribution is 2.13. The molecule has 4 heteroatoms. The van der Waals surface area contributed by atoms with Crippen LogP contribution in [0.1, 0.15) is 6.42 Å². The zero-order valence-corrected chi connectivity index (χ0v) is 9.43. The third-order valence-corrected chi connectivity index (χ3v) is 2.68. The van der Waals surface area contributed by atoms with Crippen LogP contribution in [0.5, 0.6) is 5.75 Å². The summed E-state index contributed by atoms with van der Waals surface area (Å²) < 4.78 is 10.4. The Morgan fingerprint density at radius 1 is 1.35 bits per heavy atom. The average Bonchev–Trinajstić information content (AvgIpc) is 2.38. The fourth-order valence-electron chi connectivity index (χ4n) is 1.69. The van der Waals surface area contributed by atoms with E-state index in [9.17, 15) is 9.59 Å². The van der Waals surface area contributed by atoms with Crippen molar-refractivity contribution in [1.82, 2.24) is 0 Å². The monoisotopic (exact) mass is 234 g/mol. The summed E-state index contributed by atoms with van der Waals surface area (Å²) in [6.45, 7) is 0.530. The molecule has 1 aromatic rings. The van der Waals surface area contributed by atoms with Crippen molar-refractivity contribution in [1.29, 1.82) is 0 Å². The summed E-state index contributed by atoms with van der Waals surface area (Å²) in [5, 5.41) is 0. The molecule has 0 radical (unpaired) electrons. The van der Waals surface area contributed by atoms with Gasteiger partial charge in [-0.2, -0.15) is 0 Å². The average molecular weight is 234 g/mol. The Hall–Kier alpha value is -1.68. The Bertz CT molecular complexity index is 399. The van der Waals surface area contributed by atoms with E-state index in [0.717, 1.165) is 0 Å². The molecule has 1 saturated heterocycles. The zero-order chi connectivity index (χ0) is 12.1. The molecular formula is C13H14O4. The first-order valence-corrected chi connectivity index (χ1v) is 5.58. The lowest BCUT2D eigenvalue weighted by Crippen LogP contribution is -2.36. The predicted molar refractivity (Wildman–Crippen MR) is 60.9 cm³/mol. The maximum atomic E-state index is 11.8. The van der Waals surface area contributed by atoms with Crippen LogP contribution in [-0.4, -0.2) is 31.4 Å². The van der Waals surface area contributed by atoms with Gasteiger partial charge in [0.05, 0.1) is 13.2 Å². The predicted octanol–water partition coefficient (Wildman–Crippen LogP) is 1.24. The second kappa shape index (κ2) is 5.59. The number of Topliss-reactive ketones (excluding diaryl/α,β-unsaturated/α-hetero) is 2. The number of hydrogen-bond donors (Lipinski definition) is 0. The molecule has 0 amide bonds. The lowest BCUT2D eigenvalue weighted by molar-refractivity contribution is -0.141. The standard InChI is InChI=1S/C13H14O4/c14-12-6-7-16-8-11(12)13(15)9-17-10-4-2-1-3-5-10/h1-5,11H,6-9H2. The van der Waals surface area contributed by atoms with Crippen molar-refractivity contribution < 1.29 is 19.1 Å². The number of hydrogen-bond acceptors (Lipinski definition) is 4. The number of para-hydroxylation sites is 1. The van der Waals surface area contributed by atoms with Crippen molar-refractivity contribution in [2.75, 3.05) is 19.8 Å². The molecule has 0 bridgehead atoms. The van der Waals surface area contributed by atoms with Crippen LogP contribution in [0.2, 0.25) is 0 Å². The van der Waals surface area contributed by atoms with E-state index < -0.39 is 5.92 Å². The molecule has 0 N–H and O–H groups in total. The van der Waals surface area contributed by atoms with Crippen molar-refractivity contribution in [2.45, 2.75) is 6.42 Å². The molecule has 4 nitrogen and oxygen atoms in total. The van der Waals surface area contributed by atoms with Crippen LogP contribution in [0, 0.1) is 5.92 Å². The van der Waals surface area contributed by atoms with Gasteiger partial charge in [0, 0.05) is 6.42 Å². The van der Waals surface area contributed by atoms with Gasteiger partial charge in [-0.05, 0) is 12.1 Å². The lowest BCUT2D eigenvalue weighted by Gasteiger charge is -2.19. The summed E-state index contributed by atoms with van der Waals surface area (Å²) in [4.78, 5) is 23.2. The summed E-state index contributed by atoms with van der Waals surface area (Å²) in [6.07, 6.45) is 0.321. The van der Waals surface area contributed by atoms with Crippen LogP contribution in [0.4, 0.5) is 0 Å². The Balaban J connectivity index is 1.87. The highest BCUT2D eigenvalue weighted by Gasteiger charge is 2.29. The van der Waals surface area contributed by atoms with Gasteiger partial charge in [0.1, 0.15) is 24.1 Å². The second-order valence-electron chi connectivity index (χ2n) is 3.91. The Morgan fingerprint density at radius 3 is 2.82 bits per heavy atom. The molecule has 2 rings (SSSR count). The van der Waals surface area contributed by atoms with Crippen molar-refractivity contribution in [3.63, 3.8) is 0 Å². The van der Waals surface area contributed by atoms with E-state index in [4.69, 9.17) is 9.47 Å². The number of carbonyl (C=O) groups excluding carboxylic acids is 2. The zero-order valence-electron chi connectivity index (χ0n) is 9.43. The molecule has 0 aliphatic carbocycles. The molecule has 17 heavy (non-hydrogen) atoms. The van der Waals surface area contributed by atoms with E-state index in [2.05, 4.69) is 0 Å². The van der Waals surface area contributed by atoms with Crippen LogP contribution < -0.4 is 4.74 Å². The Kier molecular flexibility index (Phi) is 3.88. The SMILES string of the molecule is O=C1CCOCC1C(=O)COc1ccccc1. The first-order chi connectivity index (χ1) is 8.27. The van der Waals surface area contributed by atoms with Crippen molar-refractivity contribution >= 4 is 11.6 Å². The van der Waals surface area contributed by atoms with Gasteiger partial charge in [-0.1, -0.05) is 18.2 Å². The molecule has 1 aliphatic rings. The molecule has 0 saturated carbocycles. The van der Waals surface area contributed by atoms with Crippen LogP contribution >= 0.6 is 0 Å². The maximum Gasteiger partial charge on any atom is 0.182 e. The van der Waals surface area contributed by atoms with Crippen LogP contribution in [0.25, 0.3) is 0 Å². The minimum atomic E-state index is -0.646. The fraction of sp³-hybridized carbons (Fsp3) is 0.385. The van der Waals surface area contributed by atoms with Crippen molar-refractivity contribution in [3.8, 4) is 5.75 Å². The third-order valence-electron chi connectivity index (χ3n) is 2.68. The molecule has 1 aliphatic heterocycles. The first-order valence-electron chi connectivity index (χ1n) is 5.58. The normalized spacial score (nSPS) is 20.0. The van der Waals surface area contributed by atoms with Gasteiger partial charge in [-0.15, -0.1) is 0 Å². The molecular weight excluding hydrogens is 220 g/mol. The van der Waals surface area contributed by atoms with Crippen molar-refractivity contribution in [3.05, 3.63) is 30.3 Å². The summed E-state index contributed by atoms with van der Waals surface area (Å²) in [7, 11) is 0. The highest BCUT2D eigenvalue weighted by atomic mass is 16.5. The largest absolute Gasteiger partial charge is 0.486 e. The topological polar surface area (TPSA) is 52.6 Å². The summed E-state index contributed by atoms with van der Waals surface area (Å²) >= 11 is 0. The molecule has 0 spiro atoms. The van der Waals surface area contributed by atoms with Crippen LogP contribution in [0.15, 0.2) is 30.3 Å². The third kappa shape index (κ3) is 3.14. The summed E-state index contributed by atoms with van der Waals surface area (Å²) in [6, 6.07) is 9.06. The van der Waals surface area contributed by atoms with Gasteiger partial charge in [0.25, 0.3) is 0 Å². The fourth-order valence-corrected chi connectivity index (χ4v) is 1.69. The van der Waals surface area contributed by atoms with Gasteiger partial charge < -0.3 is 9.47 Å². The van der Waals surface area contributed by atoms with Gasteiger partial charge in [-0.25, -0.2) is 0 Å². The van der Waals surface area contributed by atoms with E-state index in [1.165, 1.54) is 0 Å². The maximum absolute atomic E-state index is 11.8. The minimum Gasteiger partial charge on any atom is -0.486 e. The summed E-state index contributed by atoms with van der Waals surface area (Å²) in [5.74, 6) is -0.269. The Morgan fingerprint density at radius 2 is 2.12 bits per heavy atom. The lowest BCUT2D eigenvalue weighted by atomic mass is 9.96. The van der Waals surface area contributed by atoms with E-state index in [0.29, 0.717) is 18.8 Å². The number of carbonyl (C=O) groups is 2. The first kappa shape index (κ1) is 11.8. The molecule has 0 aromatic heterocycles. The van der Waals surface area contributed by atoms with Gasteiger partial charge >= 0.3 is 0 Å². The molecule has 1 heterocycles. The summed E-state index contributed by atoms with van der Waals surface area (Å²) in [5.41, 5.74) is 0. The quantitative estimate of drug-likeness (QED) is 0.735.